The third-order valence-electron chi connectivity index (χ3n) is 4.01. The van der Waals surface area contributed by atoms with Gasteiger partial charge in [-0.3, -0.25) is 4.98 Å². The highest BCUT2D eigenvalue weighted by Gasteiger charge is 2.13. The molecule has 21 heavy (non-hydrogen) atoms. The molecular weight excluding hydrogens is 260 g/mol. The van der Waals surface area contributed by atoms with Crippen LogP contribution in [-0.2, 0) is 0 Å². The molecule has 0 saturated heterocycles. The van der Waals surface area contributed by atoms with Gasteiger partial charge in [-0.2, -0.15) is 5.10 Å². The first-order valence-electron chi connectivity index (χ1n) is 7.35. The molecule has 4 heteroatoms. The molecule has 1 aliphatic carbocycles. The van der Waals surface area contributed by atoms with Gasteiger partial charge >= 0.3 is 0 Å². The molecule has 0 spiro atoms. The van der Waals surface area contributed by atoms with Crippen LogP contribution in [0, 0.1) is 0 Å². The van der Waals surface area contributed by atoms with E-state index >= 15 is 0 Å². The molecule has 0 N–H and O–H groups in total. The summed E-state index contributed by atoms with van der Waals surface area (Å²) in [6.07, 6.45) is 16.7. The Morgan fingerprint density at radius 3 is 2.71 bits per heavy atom. The van der Waals surface area contributed by atoms with E-state index in [1.165, 1.54) is 30.4 Å². The summed E-state index contributed by atoms with van der Waals surface area (Å²) in [5, 5.41) is 4.48. The van der Waals surface area contributed by atoms with Gasteiger partial charge in [0.05, 0.1) is 6.20 Å². The van der Waals surface area contributed by atoms with Crippen LogP contribution in [0.3, 0.4) is 0 Å². The highest BCUT2D eigenvalue weighted by Crippen LogP contribution is 2.29. The van der Waals surface area contributed by atoms with Crippen LogP contribution in [0.2, 0.25) is 0 Å². The lowest BCUT2D eigenvalue weighted by Crippen LogP contribution is -1.95. The maximum absolute atomic E-state index is 4.63. The molecule has 4 rings (SSSR count). The molecule has 0 unspecified atom stereocenters. The monoisotopic (exact) mass is 276 g/mol. The van der Waals surface area contributed by atoms with E-state index < -0.39 is 0 Å². The Kier molecular flexibility index (Phi) is 2.99. The first kappa shape index (κ1) is 12.3. The lowest BCUT2D eigenvalue weighted by atomic mass is 9.95. The molecule has 104 valence electrons. The normalized spacial score (nSPS) is 15.1. The number of hydrogen-bond donors (Lipinski definition) is 0. The van der Waals surface area contributed by atoms with Crippen LogP contribution < -0.4 is 0 Å². The first-order chi connectivity index (χ1) is 10.4. The number of aromatic nitrogens is 4. The Morgan fingerprint density at radius 2 is 1.90 bits per heavy atom. The van der Waals surface area contributed by atoms with Crippen molar-refractivity contribution in [3.05, 3.63) is 54.8 Å². The third-order valence-corrected chi connectivity index (χ3v) is 4.01. The van der Waals surface area contributed by atoms with Gasteiger partial charge in [-0.25, -0.2) is 9.50 Å². The van der Waals surface area contributed by atoms with E-state index in [0.29, 0.717) is 0 Å². The van der Waals surface area contributed by atoms with Crippen LogP contribution in [0.5, 0.6) is 0 Å². The molecule has 3 heterocycles. The fourth-order valence-electron chi connectivity index (χ4n) is 2.88. The molecule has 0 bridgehead atoms. The van der Waals surface area contributed by atoms with Gasteiger partial charge in [0.25, 0.3) is 0 Å². The zero-order valence-electron chi connectivity index (χ0n) is 11.7. The Bertz CT molecular complexity index is 802. The zero-order valence-corrected chi connectivity index (χ0v) is 11.7. The van der Waals surface area contributed by atoms with Gasteiger partial charge in [0.2, 0.25) is 0 Å². The fourth-order valence-corrected chi connectivity index (χ4v) is 2.88. The van der Waals surface area contributed by atoms with Crippen LogP contribution in [0.15, 0.2) is 49.2 Å². The predicted octanol–water partition coefficient (Wildman–Crippen LogP) is 3.75. The maximum atomic E-state index is 4.63. The van der Waals surface area contributed by atoms with Crippen molar-refractivity contribution in [1.82, 2.24) is 19.6 Å². The molecule has 0 saturated carbocycles. The molecule has 1 aliphatic rings. The summed E-state index contributed by atoms with van der Waals surface area (Å²) >= 11 is 0. The molecule has 0 amide bonds. The molecule has 3 aromatic rings. The van der Waals surface area contributed by atoms with Crippen molar-refractivity contribution in [2.45, 2.75) is 25.7 Å². The minimum atomic E-state index is 0.945. The van der Waals surface area contributed by atoms with Crippen LogP contribution in [0.25, 0.3) is 22.3 Å². The predicted molar refractivity (Wildman–Crippen MR) is 82.7 cm³/mol. The number of allylic oxidation sites excluding steroid dienone is 2. The van der Waals surface area contributed by atoms with Crippen molar-refractivity contribution >= 4 is 11.2 Å². The summed E-state index contributed by atoms with van der Waals surface area (Å²) in [6, 6.07) is 3.97. The summed E-state index contributed by atoms with van der Waals surface area (Å²) in [5.41, 5.74) is 5.67. The van der Waals surface area contributed by atoms with Crippen LogP contribution >= 0.6 is 0 Å². The highest BCUT2D eigenvalue weighted by molar-refractivity contribution is 5.76. The van der Waals surface area contributed by atoms with E-state index in [1.54, 1.807) is 12.4 Å². The van der Waals surface area contributed by atoms with E-state index in [9.17, 15) is 0 Å². The highest BCUT2D eigenvalue weighted by atomic mass is 15.2. The van der Waals surface area contributed by atoms with Crippen LogP contribution in [0.1, 0.15) is 31.2 Å². The molecule has 0 atom stereocenters. The Morgan fingerprint density at radius 1 is 1.00 bits per heavy atom. The van der Waals surface area contributed by atoms with Crippen LogP contribution in [-0.4, -0.2) is 19.6 Å². The third kappa shape index (κ3) is 2.23. The largest absolute Gasteiger partial charge is 0.265 e. The smallest absolute Gasteiger partial charge is 0.162 e. The SMILES string of the molecule is C1=C(c2cnn3cc(-c4ccncc4)cnc23)CCCC1. The zero-order chi connectivity index (χ0) is 14.1. The van der Waals surface area contributed by atoms with E-state index in [2.05, 4.69) is 21.1 Å². The number of pyridine rings is 1. The van der Waals surface area contributed by atoms with Crippen LogP contribution in [0.4, 0.5) is 0 Å². The second-order valence-corrected chi connectivity index (χ2v) is 5.38. The summed E-state index contributed by atoms with van der Waals surface area (Å²) < 4.78 is 1.88. The van der Waals surface area contributed by atoms with Crippen molar-refractivity contribution in [2.24, 2.45) is 0 Å². The standard InChI is InChI=1S/C17H16N4/c1-2-4-14(5-3-1)16-11-20-21-12-15(10-19-17(16)21)13-6-8-18-9-7-13/h4,6-12H,1-3,5H2. The number of fused-ring (bicyclic) bond motifs is 1. The van der Waals surface area contributed by atoms with Crippen molar-refractivity contribution in [3.8, 4) is 11.1 Å². The number of rotatable bonds is 2. The molecular formula is C17H16N4. The average molecular weight is 276 g/mol. The fraction of sp³-hybridized carbons (Fsp3) is 0.235. The quantitative estimate of drug-likeness (QED) is 0.716. The Hall–Kier alpha value is -2.49. The number of nitrogens with zero attached hydrogens (tertiary/aromatic N) is 4. The summed E-state index contributed by atoms with van der Waals surface area (Å²) in [5.74, 6) is 0. The van der Waals surface area contributed by atoms with Gasteiger partial charge in [0.15, 0.2) is 5.65 Å². The molecule has 0 radical (unpaired) electrons. The van der Waals surface area contributed by atoms with Crippen molar-refractivity contribution in [2.75, 3.05) is 0 Å². The second-order valence-electron chi connectivity index (χ2n) is 5.38. The second kappa shape index (κ2) is 5.13. The van der Waals surface area contributed by atoms with Crippen molar-refractivity contribution < 1.29 is 0 Å². The van der Waals surface area contributed by atoms with Gasteiger partial charge in [-0.05, 0) is 49.0 Å². The Labute approximate surface area is 123 Å². The summed E-state index contributed by atoms with van der Waals surface area (Å²) in [4.78, 5) is 8.68. The first-order valence-corrected chi connectivity index (χ1v) is 7.35. The van der Waals surface area contributed by atoms with E-state index in [4.69, 9.17) is 0 Å². The van der Waals surface area contributed by atoms with Gasteiger partial charge < -0.3 is 0 Å². The Balaban J connectivity index is 1.79. The molecule has 0 aromatic carbocycles. The minimum Gasteiger partial charge on any atom is -0.265 e. The van der Waals surface area contributed by atoms with Crippen molar-refractivity contribution in [1.29, 1.82) is 0 Å². The molecule has 3 aromatic heterocycles. The summed E-state index contributed by atoms with van der Waals surface area (Å²) in [6.45, 7) is 0. The van der Waals surface area contributed by atoms with E-state index in [-0.39, 0.29) is 0 Å². The maximum Gasteiger partial charge on any atom is 0.162 e. The molecule has 4 nitrogen and oxygen atoms in total. The molecule has 0 aliphatic heterocycles. The van der Waals surface area contributed by atoms with Gasteiger partial charge in [-0.1, -0.05) is 6.08 Å². The molecule has 0 fully saturated rings. The van der Waals surface area contributed by atoms with Gasteiger partial charge in [0.1, 0.15) is 0 Å². The summed E-state index contributed by atoms with van der Waals surface area (Å²) in [7, 11) is 0. The average Bonchev–Trinajstić information content (AvgIpc) is 2.99. The lowest BCUT2D eigenvalue weighted by Gasteiger charge is -2.11. The van der Waals surface area contributed by atoms with Gasteiger partial charge in [0, 0.05) is 35.9 Å². The minimum absolute atomic E-state index is 0.945. The van der Waals surface area contributed by atoms with Crippen molar-refractivity contribution in [3.63, 3.8) is 0 Å². The number of hydrogen-bond acceptors (Lipinski definition) is 3. The topological polar surface area (TPSA) is 43.1 Å². The van der Waals surface area contributed by atoms with Gasteiger partial charge in [-0.15, -0.1) is 0 Å². The lowest BCUT2D eigenvalue weighted by molar-refractivity contribution is 0.742. The van der Waals surface area contributed by atoms with E-state index in [1.807, 2.05) is 35.2 Å². The van der Waals surface area contributed by atoms with E-state index in [0.717, 1.165) is 23.2 Å².